The van der Waals surface area contributed by atoms with E-state index >= 15 is 0 Å². The molecule has 86 valence electrons. The molecule has 3 aromatic rings. The lowest BCUT2D eigenvalue weighted by molar-refractivity contribution is 0.415. The Labute approximate surface area is 102 Å². The van der Waals surface area contributed by atoms with Crippen LogP contribution in [-0.2, 0) is 0 Å². The van der Waals surface area contributed by atoms with Crippen LogP contribution in [0.2, 0.25) is 0 Å². The molecule has 1 N–H and O–H groups in total. The van der Waals surface area contributed by atoms with Crippen molar-refractivity contribution in [2.75, 3.05) is 7.11 Å². The molecule has 0 saturated carbocycles. The summed E-state index contributed by atoms with van der Waals surface area (Å²) >= 11 is 1.62. The van der Waals surface area contributed by atoms with Gasteiger partial charge in [0, 0.05) is 11.4 Å². The summed E-state index contributed by atoms with van der Waals surface area (Å²) in [7, 11) is 1.65. The molecule has 0 fully saturated rings. The van der Waals surface area contributed by atoms with E-state index < -0.39 is 0 Å². The molecule has 4 nitrogen and oxygen atoms in total. The lowest BCUT2D eigenvalue weighted by Gasteiger charge is -1.96. The highest BCUT2D eigenvalue weighted by Crippen LogP contribution is 2.24. The van der Waals surface area contributed by atoms with E-state index in [-0.39, 0.29) is 0 Å². The summed E-state index contributed by atoms with van der Waals surface area (Å²) < 4.78 is 5.18. The molecule has 2 aromatic heterocycles. The zero-order chi connectivity index (χ0) is 11.8. The number of thiazole rings is 1. The number of hydrogen-bond acceptors (Lipinski definition) is 4. The molecule has 0 unspecified atom stereocenters. The topological polar surface area (TPSA) is 50.8 Å². The summed E-state index contributed by atoms with van der Waals surface area (Å²) in [4.78, 5) is 12.2. The van der Waals surface area contributed by atoms with E-state index in [0.717, 1.165) is 33.3 Å². The molecule has 0 bridgehead atoms. The number of imidazole rings is 1. The van der Waals surface area contributed by atoms with Gasteiger partial charge in [0.2, 0.25) is 0 Å². The highest BCUT2D eigenvalue weighted by molar-refractivity contribution is 7.09. The Bertz CT molecular complexity index is 671. The maximum absolute atomic E-state index is 5.18. The smallest absolute Gasteiger partial charge is 0.158 e. The molecular weight excluding hydrogens is 234 g/mol. The maximum atomic E-state index is 5.18. The van der Waals surface area contributed by atoms with E-state index in [1.807, 2.05) is 30.5 Å². The van der Waals surface area contributed by atoms with Crippen LogP contribution in [0.25, 0.3) is 22.6 Å². The number of methoxy groups -OCH3 is 1. The Balaban J connectivity index is 2.13. The summed E-state index contributed by atoms with van der Waals surface area (Å²) in [5.74, 6) is 1.62. The Morgan fingerprint density at radius 1 is 1.29 bits per heavy atom. The van der Waals surface area contributed by atoms with Crippen LogP contribution in [0.5, 0.6) is 5.75 Å². The first kappa shape index (κ1) is 10.3. The molecule has 17 heavy (non-hydrogen) atoms. The first-order valence-corrected chi connectivity index (χ1v) is 6.10. The van der Waals surface area contributed by atoms with Gasteiger partial charge in [0.15, 0.2) is 5.82 Å². The molecule has 0 spiro atoms. The third-order valence-electron chi connectivity index (χ3n) is 2.55. The number of ether oxygens (including phenoxy) is 1. The number of aryl methyl sites for hydroxylation is 1. The molecule has 0 amide bonds. The molecule has 0 radical (unpaired) electrons. The summed E-state index contributed by atoms with van der Waals surface area (Å²) in [6, 6.07) is 5.78. The maximum Gasteiger partial charge on any atom is 0.158 e. The Morgan fingerprint density at radius 3 is 2.88 bits per heavy atom. The second-order valence-electron chi connectivity index (χ2n) is 3.72. The number of hydrogen-bond donors (Lipinski definition) is 1. The van der Waals surface area contributed by atoms with Crippen LogP contribution in [0.4, 0.5) is 0 Å². The van der Waals surface area contributed by atoms with Crippen molar-refractivity contribution in [3.8, 4) is 17.3 Å². The first-order valence-electron chi connectivity index (χ1n) is 5.22. The second kappa shape index (κ2) is 3.85. The number of rotatable bonds is 2. The van der Waals surface area contributed by atoms with Crippen molar-refractivity contribution in [1.29, 1.82) is 0 Å². The van der Waals surface area contributed by atoms with Crippen molar-refractivity contribution >= 4 is 22.4 Å². The lowest BCUT2D eigenvalue weighted by Crippen LogP contribution is -1.81. The van der Waals surface area contributed by atoms with Gasteiger partial charge in [-0.3, -0.25) is 0 Å². The predicted octanol–water partition coefficient (Wildman–Crippen LogP) is 3.00. The van der Waals surface area contributed by atoms with Crippen molar-refractivity contribution in [2.24, 2.45) is 0 Å². The van der Waals surface area contributed by atoms with Gasteiger partial charge in [0.25, 0.3) is 0 Å². The van der Waals surface area contributed by atoms with Gasteiger partial charge >= 0.3 is 0 Å². The summed E-state index contributed by atoms with van der Waals surface area (Å²) in [5.41, 5.74) is 2.78. The van der Waals surface area contributed by atoms with Crippen molar-refractivity contribution in [1.82, 2.24) is 15.0 Å². The van der Waals surface area contributed by atoms with E-state index in [1.165, 1.54) is 0 Å². The van der Waals surface area contributed by atoms with Gasteiger partial charge in [-0.2, -0.15) is 0 Å². The SMILES string of the molecule is COc1ccc2nc(-c3csc(C)n3)[nH]c2c1. The van der Waals surface area contributed by atoms with Crippen molar-refractivity contribution in [3.63, 3.8) is 0 Å². The minimum Gasteiger partial charge on any atom is -0.497 e. The highest BCUT2D eigenvalue weighted by atomic mass is 32.1. The lowest BCUT2D eigenvalue weighted by atomic mass is 10.3. The zero-order valence-corrected chi connectivity index (χ0v) is 10.3. The molecule has 0 aliphatic heterocycles. The van der Waals surface area contributed by atoms with Gasteiger partial charge < -0.3 is 9.72 Å². The average Bonchev–Trinajstić information content (AvgIpc) is 2.93. The quantitative estimate of drug-likeness (QED) is 0.755. The Morgan fingerprint density at radius 2 is 2.18 bits per heavy atom. The van der Waals surface area contributed by atoms with Gasteiger partial charge in [0.05, 0.1) is 23.2 Å². The number of aromatic nitrogens is 3. The standard InChI is InChI=1S/C12H11N3OS/c1-7-13-11(6-17-7)12-14-9-4-3-8(16-2)5-10(9)15-12/h3-6H,1-2H3,(H,14,15). The molecule has 0 atom stereocenters. The van der Waals surface area contributed by atoms with Crippen LogP contribution in [0.3, 0.4) is 0 Å². The van der Waals surface area contributed by atoms with Crippen LogP contribution < -0.4 is 4.74 Å². The third kappa shape index (κ3) is 1.78. The number of aromatic amines is 1. The minimum absolute atomic E-state index is 0.803. The van der Waals surface area contributed by atoms with E-state index in [2.05, 4.69) is 15.0 Å². The van der Waals surface area contributed by atoms with Crippen LogP contribution in [0, 0.1) is 6.92 Å². The predicted molar refractivity (Wildman–Crippen MR) is 68.5 cm³/mol. The van der Waals surface area contributed by atoms with E-state index in [9.17, 15) is 0 Å². The van der Waals surface area contributed by atoms with Crippen LogP contribution in [0.15, 0.2) is 23.6 Å². The van der Waals surface area contributed by atoms with E-state index in [4.69, 9.17) is 4.74 Å². The number of fused-ring (bicyclic) bond motifs is 1. The van der Waals surface area contributed by atoms with Gasteiger partial charge in [0.1, 0.15) is 11.4 Å². The normalized spacial score (nSPS) is 10.9. The summed E-state index contributed by atoms with van der Waals surface area (Å²) in [6.07, 6.45) is 0. The zero-order valence-electron chi connectivity index (χ0n) is 9.52. The minimum atomic E-state index is 0.803. The van der Waals surface area contributed by atoms with Crippen LogP contribution in [0.1, 0.15) is 5.01 Å². The molecular formula is C12H11N3OS. The molecule has 0 saturated heterocycles. The average molecular weight is 245 g/mol. The molecule has 0 aliphatic carbocycles. The Kier molecular flexibility index (Phi) is 2.33. The number of nitrogens with zero attached hydrogens (tertiary/aromatic N) is 2. The second-order valence-corrected chi connectivity index (χ2v) is 4.78. The number of benzene rings is 1. The fraction of sp³-hybridized carbons (Fsp3) is 0.167. The van der Waals surface area contributed by atoms with Crippen LogP contribution in [-0.4, -0.2) is 22.1 Å². The van der Waals surface area contributed by atoms with Crippen molar-refractivity contribution in [2.45, 2.75) is 6.92 Å². The first-order chi connectivity index (χ1) is 8.26. The van der Waals surface area contributed by atoms with Gasteiger partial charge in [-0.05, 0) is 19.1 Å². The van der Waals surface area contributed by atoms with Crippen LogP contribution >= 0.6 is 11.3 Å². The summed E-state index contributed by atoms with van der Waals surface area (Å²) in [6.45, 7) is 1.99. The molecule has 1 aromatic carbocycles. The van der Waals surface area contributed by atoms with Gasteiger partial charge in [-0.25, -0.2) is 9.97 Å². The third-order valence-corrected chi connectivity index (χ3v) is 3.32. The Hall–Kier alpha value is -1.88. The molecule has 2 heterocycles. The monoisotopic (exact) mass is 245 g/mol. The van der Waals surface area contributed by atoms with E-state index in [1.54, 1.807) is 18.4 Å². The van der Waals surface area contributed by atoms with Crippen molar-refractivity contribution in [3.05, 3.63) is 28.6 Å². The molecule has 5 heteroatoms. The van der Waals surface area contributed by atoms with E-state index in [0.29, 0.717) is 0 Å². The molecule has 3 rings (SSSR count). The summed E-state index contributed by atoms with van der Waals surface area (Å²) in [5, 5.41) is 3.04. The number of H-pyrrole nitrogens is 1. The fourth-order valence-corrected chi connectivity index (χ4v) is 2.31. The van der Waals surface area contributed by atoms with Gasteiger partial charge in [-0.15, -0.1) is 11.3 Å². The van der Waals surface area contributed by atoms with Crippen molar-refractivity contribution < 1.29 is 4.74 Å². The fourth-order valence-electron chi connectivity index (χ4n) is 1.71. The largest absolute Gasteiger partial charge is 0.497 e. The molecule has 0 aliphatic rings. The number of nitrogens with one attached hydrogen (secondary N) is 1. The van der Waals surface area contributed by atoms with Gasteiger partial charge in [-0.1, -0.05) is 0 Å². The highest BCUT2D eigenvalue weighted by Gasteiger charge is 2.08.